The van der Waals surface area contributed by atoms with Gasteiger partial charge in [0.25, 0.3) is 0 Å². The number of hydrogen-bond acceptors (Lipinski definition) is 4. The average molecular weight is 182 g/mol. The molecule has 0 fully saturated rings. The smallest absolute Gasteiger partial charge is 0.411 e. The molecule has 13 heavy (non-hydrogen) atoms. The molecule has 0 saturated heterocycles. The van der Waals surface area contributed by atoms with E-state index in [4.69, 9.17) is 0 Å². The lowest BCUT2D eigenvalue weighted by Gasteiger charge is -2.05. The summed E-state index contributed by atoms with van der Waals surface area (Å²) < 4.78 is 4.62. The molecule has 0 bridgehead atoms. The number of nitrogens with zero attached hydrogens (tertiary/aromatic N) is 1. The van der Waals surface area contributed by atoms with Gasteiger partial charge in [-0.05, 0) is 13.0 Å². The average Bonchev–Trinajstić information content (AvgIpc) is 2.09. The van der Waals surface area contributed by atoms with E-state index in [-0.39, 0.29) is 18.0 Å². The third-order valence-electron chi connectivity index (χ3n) is 1.31. The predicted molar refractivity (Wildman–Crippen MR) is 46.5 cm³/mol. The Morgan fingerprint density at radius 2 is 2.54 bits per heavy atom. The van der Waals surface area contributed by atoms with E-state index in [1.807, 2.05) is 0 Å². The molecule has 0 spiro atoms. The molecule has 0 aliphatic carbocycles. The van der Waals surface area contributed by atoms with Crippen molar-refractivity contribution in [3.8, 4) is 5.75 Å². The molecule has 0 aromatic carbocycles. The minimum absolute atomic E-state index is 0.0875. The molecule has 1 heterocycles. The van der Waals surface area contributed by atoms with Gasteiger partial charge in [0, 0.05) is 6.20 Å². The normalized spacial score (nSPS) is 9.31. The first-order valence-electron chi connectivity index (χ1n) is 3.80. The van der Waals surface area contributed by atoms with E-state index in [9.17, 15) is 9.90 Å². The lowest BCUT2D eigenvalue weighted by molar-refractivity contribution is 0.168. The summed E-state index contributed by atoms with van der Waals surface area (Å²) in [7, 11) is 0. The van der Waals surface area contributed by atoms with Crippen LogP contribution in [0.25, 0.3) is 0 Å². The van der Waals surface area contributed by atoms with Crippen LogP contribution in [0.2, 0.25) is 0 Å². The lowest BCUT2D eigenvalue weighted by Crippen LogP contribution is -2.13. The molecular weight excluding hydrogens is 172 g/mol. The zero-order valence-corrected chi connectivity index (χ0v) is 7.15. The number of nitrogens with one attached hydrogen (secondary N) is 1. The standard InChI is InChI=1S/C8H10N2O3/c1-2-13-8(12)10-6-3-4-9-5-7(6)11/h3-5,11H,2H2,1H3,(H,9,10,12). The van der Waals surface area contributed by atoms with Crippen LogP contribution in [-0.4, -0.2) is 22.8 Å². The minimum atomic E-state index is -0.594. The number of carbonyl (C=O) groups is 1. The zero-order valence-electron chi connectivity index (χ0n) is 7.15. The fourth-order valence-corrected chi connectivity index (χ4v) is 0.769. The summed E-state index contributed by atoms with van der Waals surface area (Å²) in [5.74, 6) is -0.0875. The van der Waals surface area contributed by atoms with Gasteiger partial charge >= 0.3 is 6.09 Å². The van der Waals surface area contributed by atoms with Crippen molar-refractivity contribution < 1.29 is 14.6 Å². The number of aromatic hydroxyl groups is 1. The van der Waals surface area contributed by atoms with Crippen LogP contribution in [0.1, 0.15) is 6.92 Å². The number of ether oxygens (including phenoxy) is 1. The maximum Gasteiger partial charge on any atom is 0.411 e. The monoisotopic (exact) mass is 182 g/mol. The van der Waals surface area contributed by atoms with Crippen molar-refractivity contribution in [2.75, 3.05) is 11.9 Å². The summed E-state index contributed by atoms with van der Waals surface area (Å²) >= 11 is 0. The number of pyridine rings is 1. The van der Waals surface area contributed by atoms with Crippen LogP contribution in [0.15, 0.2) is 18.5 Å². The second kappa shape index (κ2) is 4.30. The highest BCUT2D eigenvalue weighted by Crippen LogP contribution is 2.19. The van der Waals surface area contributed by atoms with Crippen LogP contribution in [-0.2, 0) is 4.74 Å². The minimum Gasteiger partial charge on any atom is -0.504 e. The van der Waals surface area contributed by atoms with E-state index >= 15 is 0 Å². The molecule has 2 N–H and O–H groups in total. The molecule has 5 nitrogen and oxygen atoms in total. The number of rotatable bonds is 2. The summed E-state index contributed by atoms with van der Waals surface area (Å²) in [4.78, 5) is 14.6. The third-order valence-corrected chi connectivity index (χ3v) is 1.31. The van der Waals surface area contributed by atoms with Crippen molar-refractivity contribution in [2.24, 2.45) is 0 Å². The Balaban J connectivity index is 2.63. The van der Waals surface area contributed by atoms with Gasteiger partial charge in [0.05, 0.1) is 18.5 Å². The molecule has 1 aromatic rings. The van der Waals surface area contributed by atoms with Crippen LogP contribution >= 0.6 is 0 Å². The van der Waals surface area contributed by atoms with E-state index in [1.165, 1.54) is 18.5 Å². The van der Waals surface area contributed by atoms with E-state index in [0.29, 0.717) is 0 Å². The van der Waals surface area contributed by atoms with Gasteiger partial charge in [-0.3, -0.25) is 10.3 Å². The van der Waals surface area contributed by atoms with Gasteiger partial charge in [0.2, 0.25) is 0 Å². The summed E-state index contributed by atoms with van der Waals surface area (Å²) in [5, 5.41) is 11.6. The van der Waals surface area contributed by atoms with Crippen molar-refractivity contribution in [1.82, 2.24) is 4.98 Å². The highest BCUT2D eigenvalue weighted by molar-refractivity contribution is 5.86. The highest BCUT2D eigenvalue weighted by Gasteiger charge is 2.04. The van der Waals surface area contributed by atoms with Crippen LogP contribution in [0, 0.1) is 0 Å². The molecular formula is C8H10N2O3. The Hall–Kier alpha value is -1.78. The molecule has 0 aliphatic heterocycles. The van der Waals surface area contributed by atoms with E-state index < -0.39 is 6.09 Å². The zero-order chi connectivity index (χ0) is 9.68. The molecule has 1 rings (SSSR count). The fourth-order valence-electron chi connectivity index (χ4n) is 0.769. The number of amides is 1. The lowest BCUT2D eigenvalue weighted by atomic mass is 10.4. The quantitative estimate of drug-likeness (QED) is 0.724. The predicted octanol–water partition coefficient (Wildman–Crippen LogP) is 1.36. The molecule has 0 unspecified atom stereocenters. The topological polar surface area (TPSA) is 71.5 Å². The molecule has 0 aliphatic rings. The first kappa shape index (κ1) is 9.31. The summed E-state index contributed by atoms with van der Waals surface area (Å²) in [5.41, 5.74) is 0.286. The highest BCUT2D eigenvalue weighted by atomic mass is 16.5. The van der Waals surface area contributed by atoms with Crippen LogP contribution < -0.4 is 5.32 Å². The summed E-state index contributed by atoms with van der Waals surface area (Å²) in [6.07, 6.45) is 2.10. The van der Waals surface area contributed by atoms with Crippen molar-refractivity contribution in [1.29, 1.82) is 0 Å². The maximum atomic E-state index is 10.9. The molecule has 1 amide bonds. The number of anilines is 1. The Morgan fingerprint density at radius 3 is 3.15 bits per heavy atom. The van der Waals surface area contributed by atoms with Gasteiger partial charge in [0.15, 0.2) is 5.75 Å². The second-order valence-corrected chi connectivity index (χ2v) is 2.24. The van der Waals surface area contributed by atoms with Gasteiger partial charge in [0.1, 0.15) is 0 Å². The van der Waals surface area contributed by atoms with Crippen LogP contribution in [0.4, 0.5) is 10.5 Å². The van der Waals surface area contributed by atoms with Crippen LogP contribution in [0.5, 0.6) is 5.75 Å². The largest absolute Gasteiger partial charge is 0.504 e. The molecule has 0 radical (unpaired) electrons. The molecule has 70 valence electrons. The number of hydrogen-bond donors (Lipinski definition) is 2. The van der Waals surface area contributed by atoms with Crippen molar-refractivity contribution in [3.05, 3.63) is 18.5 Å². The van der Waals surface area contributed by atoms with Gasteiger partial charge in [-0.15, -0.1) is 0 Å². The summed E-state index contributed by atoms with van der Waals surface area (Å²) in [6.45, 7) is 1.99. The Kier molecular flexibility index (Phi) is 3.08. The molecule has 0 atom stereocenters. The van der Waals surface area contributed by atoms with Gasteiger partial charge in [-0.25, -0.2) is 4.79 Å². The third kappa shape index (κ3) is 2.62. The number of carbonyl (C=O) groups excluding carboxylic acids is 1. The van der Waals surface area contributed by atoms with E-state index in [2.05, 4.69) is 15.0 Å². The molecule has 0 saturated carbocycles. The van der Waals surface area contributed by atoms with E-state index in [0.717, 1.165) is 0 Å². The van der Waals surface area contributed by atoms with Gasteiger partial charge in [-0.2, -0.15) is 0 Å². The van der Waals surface area contributed by atoms with Gasteiger partial charge in [-0.1, -0.05) is 0 Å². The van der Waals surface area contributed by atoms with Crippen LogP contribution in [0.3, 0.4) is 0 Å². The SMILES string of the molecule is CCOC(=O)Nc1ccncc1O. The fraction of sp³-hybridized carbons (Fsp3) is 0.250. The number of aromatic nitrogens is 1. The Morgan fingerprint density at radius 1 is 1.77 bits per heavy atom. The second-order valence-electron chi connectivity index (χ2n) is 2.24. The van der Waals surface area contributed by atoms with Gasteiger partial charge < -0.3 is 9.84 Å². The Bertz CT molecular complexity index is 301. The summed E-state index contributed by atoms with van der Waals surface area (Å²) in [6, 6.07) is 1.48. The Labute approximate surface area is 75.4 Å². The molecule has 1 aromatic heterocycles. The first-order chi connectivity index (χ1) is 6.24. The van der Waals surface area contributed by atoms with Crippen molar-refractivity contribution in [2.45, 2.75) is 6.92 Å². The van der Waals surface area contributed by atoms with Crippen molar-refractivity contribution in [3.63, 3.8) is 0 Å². The first-order valence-corrected chi connectivity index (χ1v) is 3.80. The van der Waals surface area contributed by atoms with Crippen molar-refractivity contribution >= 4 is 11.8 Å². The maximum absolute atomic E-state index is 10.9. The van der Waals surface area contributed by atoms with E-state index in [1.54, 1.807) is 6.92 Å². The molecule has 5 heteroatoms.